The highest BCUT2D eigenvalue weighted by Crippen LogP contribution is 2.41. The lowest BCUT2D eigenvalue weighted by Gasteiger charge is -2.41. The Balaban J connectivity index is 0.564. The second kappa shape index (κ2) is 40.6. The quantitative estimate of drug-likeness (QED) is 0.0160. The van der Waals surface area contributed by atoms with Gasteiger partial charge in [0, 0.05) is 47.4 Å². The molecule has 0 bridgehead atoms. The first-order valence-electron chi connectivity index (χ1n) is 30.5. The molecule has 1 fully saturated rings. The van der Waals surface area contributed by atoms with Crippen LogP contribution >= 0.6 is 12.2 Å². The minimum atomic E-state index is -4.44. The number of ether oxygens (including phenoxy) is 12. The molecule has 90 heavy (non-hydrogen) atoms. The molecular formula is C66H85F3N4O16S. The molecule has 2 heterocycles. The van der Waals surface area contributed by atoms with Gasteiger partial charge in [-0.2, -0.15) is 13.2 Å². The number of thiocarbonyl (C=S) groups is 1. The van der Waals surface area contributed by atoms with Gasteiger partial charge in [0.1, 0.15) is 17.1 Å². The van der Waals surface area contributed by atoms with Gasteiger partial charge in [-0.15, -0.1) is 0 Å². The standard InChI is InChI=1S/C66H85F3N4O16S/c1-49-42-50(44-53(43-49)66(67,68)69)48-88-59-8-5-19-73(64(59)52-6-3-2-4-7-52)47-62(76)70-17-20-77-22-24-79-26-28-81-30-32-83-34-36-85-38-40-87-41-39-86-37-35-84-33-31-82-29-27-80-25-23-78-21-18-71-65(90)72-54-11-9-51(10-12-54)63-57-15-13-55(74)45-60(57)89-61-46-56(75)14-16-58(61)63/h2-4,6-7,9-16,42-46,59,64,74H,5,8,17-41,47-48H2,1H3,(H,70,76)(H2,71,72,90)/t59?,64-/m0/s1. The minimum Gasteiger partial charge on any atom is -0.508 e. The van der Waals surface area contributed by atoms with Crippen LogP contribution in [0.5, 0.6) is 5.75 Å². The Morgan fingerprint density at radius 2 is 1.14 bits per heavy atom. The van der Waals surface area contributed by atoms with Gasteiger partial charge in [0.2, 0.25) is 5.91 Å². The molecule has 0 saturated carbocycles. The van der Waals surface area contributed by atoms with Crippen molar-refractivity contribution < 1.29 is 84.3 Å². The molecule has 7 rings (SSSR count). The topological polar surface area (TPSA) is 218 Å². The van der Waals surface area contributed by atoms with Crippen molar-refractivity contribution in [2.24, 2.45) is 0 Å². The number of phenols is 1. The van der Waals surface area contributed by atoms with Crippen LogP contribution in [-0.4, -0.2) is 199 Å². The molecule has 1 saturated heterocycles. The molecule has 492 valence electrons. The number of aryl methyl sites for hydroxylation is 1. The summed E-state index contributed by atoms with van der Waals surface area (Å²) in [6, 6.07) is 30.9. The summed E-state index contributed by atoms with van der Waals surface area (Å²) in [4.78, 5) is 27.2. The lowest BCUT2D eigenvalue weighted by atomic mass is 9.92. The van der Waals surface area contributed by atoms with E-state index in [0.29, 0.717) is 199 Å². The number of piperidine rings is 1. The van der Waals surface area contributed by atoms with Gasteiger partial charge in [-0.25, -0.2) is 0 Å². The van der Waals surface area contributed by atoms with E-state index in [-0.39, 0.29) is 42.4 Å². The number of anilines is 1. The number of nitrogens with one attached hydrogen (secondary N) is 3. The normalized spacial score (nSPS) is 14.6. The zero-order valence-corrected chi connectivity index (χ0v) is 51.9. The maximum Gasteiger partial charge on any atom is 0.416 e. The zero-order chi connectivity index (χ0) is 63.4. The number of amides is 1. The van der Waals surface area contributed by atoms with Gasteiger partial charge in [0.05, 0.1) is 176 Å². The van der Waals surface area contributed by atoms with Crippen molar-refractivity contribution in [3.05, 3.63) is 142 Å². The van der Waals surface area contributed by atoms with Crippen molar-refractivity contribution in [3.63, 3.8) is 0 Å². The average molecular weight is 1280 g/mol. The summed E-state index contributed by atoms with van der Waals surface area (Å²) in [5.74, 6) is 0.367. The number of alkyl halides is 3. The highest BCUT2D eigenvalue weighted by Gasteiger charge is 2.35. The molecule has 1 aliphatic carbocycles. The molecular weight excluding hydrogens is 1190 g/mol. The molecule has 2 atom stereocenters. The lowest BCUT2D eigenvalue weighted by Crippen LogP contribution is -2.47. The fraction of sp³-hybridized carbons (Fsp3) is 0.500. The second-order valence-corrected chi connectivity index (χ2v) is 21.3. The maximum absolute atomic E-state index is 13.5. The van der Waals surface area contributed by atoms with E-state index >= 15 is 0 Å². The number of carbonyl (C=O) groups excluding carboxylic acids is 1. The van der Waals surface area contributed by atoms with Gasteiger partial charge in [-0.05, 0) is 104 Å². The first-order valence-corrected chi connectivity index (χ1v) is 30.9. The summed E-state index contributed by atoms with van der Waals surface area (Å²) in [6.07, 6.45) is -3.25. The third-order valence-electron chi connectivity index (χ3n) is 14.0. The summed E-state index contributed by atoms with van der Waals surface area (Å²) in [5.41, 5.74) is 4.99. The largest absolute Gasteiger partial charge is 0.508 e. The Morgan fingerprint density at radius 1 is 0.622 bits per heavy atom. The van der Waals surface area contributed by atoms with Crippen LogP contribution in [0.3, 0.4) is 0 Å². The number of hydrogen-bond donors (Lipinski definition) is 4. The number of fused-ring (bicyclic) bond motifs is 2. The SMILES string of the molecule is Cc1cc(COC2CCCN(CC(=O)NCCOCCOCCOCCOCCOCCOCCOCCOCCOCCOCCOCCNC(=S)Nc3ccc(-c4c5ccc(=O)cc-5oc5cc(O)ccc45)cc3)[C@H]2c2ccccc2)cc(C(F)(F)F)c1. The molecule has 2 aliphatic heterocycles. The Bertz CT molecular complexity index is 3040. The number of aromatic hydroxyl groups is 1. The monoisotopic (exact) mass is 1280 g/mol. The number of nitrogens with zero attached hydrogens (tertiary/aromatic N) is 1. The van der Waals surface area contributed by atoms with E-state index in [4.69, 9.17) is 73.5 Å². The maximum atomic E-state index is 13.5. The molecule has 1 amide bonds. The van der Waals surface area contributed by atoms with Gasteiger partial charge in [0.25, 0.3) is 0 Å². The summed E-state index contributed by atoms with van der Waals surface area (Å²) in [7, 11) is 0. The highest BCUT2D eigenvalue weighted by atomic mass is 32.1. The van der Waals surface area contributed by atoms with Crippen LogP contribution in [0.4, 0.5) is 18.9 Å². The fourth-order valence-electron chi connectivity index (χ4n) is 9.87. The average Bonchev–Trinajstić information content (AvgIpc) is 0.800. The van der Waals surface area contributed by atoms with Crippen LogP contribution in [-0.2, 0) is 74.4 Å². The first-order chi connectivity index (χ1) is 43.9. The van der Waals surface area contributed by atoms with Crippen molar-refractivity contribution in [1.29, 1.82) is 0 Å². The molecule has 0 aromatic heterocycles. The van der Waals surface area contributed by atoms with Gasteiger partial charge in [-0.1, -0.05) is 54.1 Å². The molecule has 1 unspecified atom stereocenters. The van der Waals surface area contributed by atoms with Crippen LogP contribution in [0.25, 0.3) is 33.4 Å². The van der Waals surface area contributed by atoms with E-state index in [1.165, 1.54) is 12.1 Å². The van der Waals surface area contributed by atoms with Crippen LogP contribution in [0.15, 0.2) is 118 Å². The van der Waals surface area contributed by atoms with Crippen molar-refractivity contribution >= 4 is 39.9 Å². The fourth-order valence-corrected chi connectivity index (χ4v) is 10.1. The van der Waals surface area contributed by atoms with Crippen molar-refractivity contribution in [2.75, 3.05) is 177 Å². The van der Waals surface area contributed by atoms with Crippen molar-refractivity contribution in [2.45, 2.75) is 44.7 Å². The van der Waals surface area contributed by atoms with E-state index in [1.54, 1.807) is 37.3 Å². The number of phenolic OH excluding ortho intramolecular Hbond substituents is 1. The molecule has 4 N–H and O–H groups in total. The van der Waals surface area contributed by atoms with E-state index in [1.807, 2.05) is 54.6 Å². The van der Waals surface area contributed by atoms with Crippen LogP contribution in [0, 0.1) is 6.92 Å². The van der Waals surface area contributed by atoms with Crippen LogP contribution in [0.1, 0.15) is 41.1 Å². The Morgan fingerprint density at radius 3 is 1.68 bits per heavy atom. The molecule has 3 aliphatic rings. The molecule has 0 spiro atoms. The van der Waals surface area contributed by atoms with E-state index < -0.39 is 11.7 Å². The van der Waals surface area contributed by atoms with E-state index in [2.05, 4.69) is 20.9 Å². The predicted octanol–water partition coefficient (Wildman–Crippen LogP) is 8.61. The Kier molecular flexibility index (Phi) is 32.1. The predicted molar refractivity (Wildman–Crippen MR) is 337 cm³/mol. The van der Waals surface area contributed by atoms with Gasteiger partial charge in [0.15, 0.2) is 10.5 Å². The zero-order valence-electron chi connectivity index (χ0n) is 51.1. The Labute approximate surface area is 529 Å². The summed E-state index contributed by atoms with van der Waals surface area (Å²) >= 11 is 5.47. The summed E-state index contributed by atoms with van der Waals surface area (Å²) in [6.45, 7) is 12.8. The third-order valence-corrected chi connectivity index (χ3v) is 14.3. The molecule has 4 aromatic rings. The third kappa shape index (κ3) is 26.2. The smallest absolute Gasteiger partial charge is 0.416 e. The molecule has 4 aromatic carbocycles. The lowest BCUT2D eigenvalue weighted by molar-refractivity contribution is -0.137. The summed E-state index contributed by atoms with van der Waals surface area (Å²) in [5, 5.41) is 20.6. The second-order valence-electron chi connectivity index (χ2n) is 20.9. The van der Waals surface area contributed by atoms with Gasteiger partial charge < -0.3 is 82.3 Å². The molecule has 24 heteroatoms. The Hall–Kier alpha value is -6.20. The summed E-state index contributed by atoms with van der Waals surface area (Å²) < 4.78 is 114. The number of hydrogen-bond acceptors (Lipinski definition) is 18. The number of carbonyl (C=O) groups is 1. The number of benzene rings is 5. The first kappa shape index (κ1) is 71.2. The number of likely N-dealkylation sites (tertiary alicyclic amines) is 1. The van der Waals surface area contributed by atoms with Gasteiger partial charge in [-0.3, -0.25) is 14.5 Å². The molecule has 0 radical (unpaired) electrons. The molecule has 20 nitrogen and oxygen atoms in total. The number of halogens is 3. The highest BCUT2D eigenvalue weighted by molar-refractivity contribution is 7.80. The van der Waals surface area contributed by atoms with Crippen molar-refractivity contribution in [1.82, 2.24) is 15.5 Å². The minimum absolute atomic E-state index is 0.0337. The van der Waals surface area contributed by atoms with E-state index in [9.17, 15) is 27.9 Å². The van der Waals surface area contributed by atoms with Crippen LogP contribution < -0.4 is 21.4 Å². The van der Waals surface area contributed by atoms with Crippen molar-refractivity contribution in [3.8, 4) is 28.2 Å². The van der Waals surface area contributed by atoms with Gasteiger partial charge >= 0.3 is 6.18 Å². The van der Waals surface area contributed by atoms with Crippen LogP contribution in [0.2, 0.25) is 0 Å². The van der Waals surface area contributed by atoms with E-state index in [0.717, 1.165) is 51.9 Å². The number of rotatable bonds is 44.